The summed E-state index contributed by atoms with van der Waals surface area (Å²) in [6, 6.07) is 1.92. The van der Waals surface area contributed by atoms with Gasteiger partial charge in [0.15, 0.2) is 4.67 Å². The number of furan rings is 1. The van der Waals surface area contributed by atoms with Crippen molar-refractivity contribution in [1.82, 2.24) is 0 Å². The predicted octanol–water partition coefficient (Wildman–Crippen LogP) is 1.59. The Morgan fingerprint density at radius 3 is 2.92 bits per heavy atom. The van der Waals surface area contributed by atoms with Crippen molar-refractivity contribution >= 4 is 15.9 Å². The van der Waals surface area contributed by atoms with Crippen molar-refractivity contribution in [2.45, 2.75) is 12.5 Å². The van der Waals surface area contributed by atoms with Crippen LogP contribution in [0.2, 0.25) is 0 Å². The van der Waals surface area contributed by atoms with E-state index in [-0.39, 0.29) is 12.0 Å². The highest BCUT2D eigenvalue weighted by atomic mass is 79.9. The zero-order chi connectivity index (χ0) is 9.26. The Hall–Kier alpha value is -0.320. The van der Waals surface area contributed by atoms with Gasteiger partial charge in [-0.3, -0.25) is 0 Å². The first kappa shape index (κ1) is 9.24. The molecule has 1 aliphatic heterocycles. The lowest BCUT2D eigenvalue weighted by Crippen LogP contribution is -2.19. The van der Waals surface area contributed by atoms with Gasteiger partial charge in [-0.1, -0.05) is 0 Å². The molecule has 0 aliphatic carbocycles. The van der Waals surface area contributed by atoms with Crippen molar-refractivity contribution in [2.24, 2.45) is 5.92 Å². The molecule has 2 atom stereocenters. The number of ether oxygens (including phenoxy) is 1. The molecule has 0 radical (unpaired) electrons. The maximum Gasteiger partial charge on any atom is 0.169 e. The molecule has 1 N–H and O–H groups in total. The Kier molecular flexibility index (Phi) is 2.71. The molecule has 2 rings (SSSR count). The van der Waals surface area contributed by atoms with Crippen LogP contribution in [-0.4, -0.2) is 24.4 Å². The number of hydrogen-bond donors (Lipinski definition) is 1. The zero-order valence-electron chi connectivity index (χ0n) is 7.07. The van der Waals surface area contributed by atoms with Crippen molar-refractivity contribution in [1.29, 1.82) is 0 Å². The topological polar surface area (TPSA) is 42.6 Å². The first-order chi connectivity index (χ1) is 6.25. The maximum atomic E-state index is 9.49. The number of hydrogen-bond acceptors (Lipinski definition) is 3. The van der Waals surface area contributed by atoms with Gasteiger partial charge in [-0.2, -0.15) is 0 Å². The largest absolute Gasteiger partial charge is 0.457 e. The molecule has 13 heavy (non-hydrogen) atoms. The van der Waals surface area contributed by atoms with Gasteiger partial charge in [-0.25, -0.2) is 0 Å². The molecule has 0 spiro atoms. The van der Waals surface area contributed by atoms with Gasteiger partial charge in [-0.05, 0) is 34.0 Å². The normalized spacial score (nSPS) is 28.2. The van der Waals surface area contributed by atoms with E-state index in [1.54, 1.807) is 6.26 Å². The van der Waals surface area contributed by atoms with Gasteiger partial charge in [0.2, 0.25) is 0 Å². The van der Waals surface area contributed by atoms with Crippen LogP contribution < -0.4 is 0 Å². The van der Waals surface area contributed by atoms with E-state index in [4.69, 9.17) is 9.15 Å². The van der Waals surface area contributed by atoms with E-state index < -0.39 is 0 Å². The fourth-order valence-electron chi connectivity index (χ4n) is 1.54. The second kappa shape index (κ2) is 3.82. The molecule has 1 aromatic heterocycles. The number of aliphatic hydroxyl groups excluding tert-OH is 1. The molecule has 0 amide bonds. The van der Waals surface area contributed by atoms with Crippen molar-refractivity contribution < 1.29 is 14.3 Å². The average molecular weight is 247 g/mol. The Labute approximate surface area is 84.8 Å². The molecule has 1 aliphatic rings. The Balaban J connectivity index is 1.97. The Morgan fingerprint density at radius 1 is 1.54 bits per heavy atom. The SMILES string of the molecule is O[C@@H]1COC[C@H]1Cc1coc(Br)c1. The lowest BCUT2D eigenvalue weighted by molar-refractivity contribution is 0.118. The highest BCUT2D eigenvalue weighted by molar-refractivity contribution is 9.10. The molecule has 72 valence electrons. The van der Waals surface area contributed by atoms with E-state index in [1.165, 1.54) is 0 Å². The summed E-state index contributed by atoms with van der Waals surface area (Å²) in [5.41, 5.74) is 1.10. The van der Waals surface area contributed by atoms with Gasteiger partial charge in [0.05, 0.1) is 25.6 Å². The van der Waals surface area contributed by atoms with E-state index in [1.807, 2.05) is 6.07 Å². The molecule has 1 aromatic rings. The minimum absolute atomic E-state index is 0.212. The standard InChI is InChI=1S/C9H11BrO3/c10-9-2-6(3-13-9)1-7-4-12-5-8(7)11/h2-3,7-8,11H,1,4-5H2/t7-,8-/m1/s1. The fraction of sp³-hybridized carbons (Fsp3) is 0.556. The van der Waals surface area contributed by atoms with Crippen LogP contribution >= 0.6 is 15.9 Å². The molecule has 3 nitrogen and oxygen atoms in total. The minimum atomic E-state index is -0.325. The first-order valence-corrected chi connectivity index (χ1v) is 5.04. The predicted molar refractivity (Wildman–Crippen MR) is 50.4 cm³/mol. The van der Waals surface area contributed by atoms with Crippen molar-refractivity contribution in [3.8, 4) is 0 Å². The second-order valence-electron chi connectivity index (χ2n) is 3.33. The monoisotopic (exact) mass is 246 g/mol. The van der Waals surface area contributed by atoms with E-state index in [0.717, 1.165) is 16.7 Å². The summed E-state index contributed by atoms with van der Waals surface area (Å²) in [5, 5.41) is 9.49. The van der Waals surface area contributed by atoms with E-state index >= 15 is 0 Å². The summed E-state index contributed by atoms with van der Waals surface area (Å²) in [7, 11) is 0. The summed E-state index contributed by atoms with van der Waals surface area (Å²) in [5.74, 6) is 0.212. The van der Waals surface area contributed by atoms with Gasteiger partial charge >= 0.3 is 0 Å². The first-order valence-electron chi connectivity index (χ1n) is 4.24. The molecule has 0 saturated carbocycles. The van der Waals surface area contributed by atoms with Crippen LogP contribution in [0.3, 0.4) is 0 Å². The molecular weight excluding hydrogens is 236 g/mol. The van der Waals surface area contributed by atoms with Crippen LogP contribution in [0.4, 0.5) is 0 Å². The van der Waals surface area contributed by atoms with Crippen LogP contribution in [-0.2, 0) is 11.2 Å². The highest BCUT2D eigenvalue weighted by Crippen LogP contribution is 2.22. The van der Waals surface area contributed by atoms with Crippen LogP contribution in [0.1, 0.15) is 5.56 Å². The molecule has 4 heteroatoms. The average Bonchev–Trinajstić information content (AvgIpc) is 2.64. The summed E-state index contributed by atoms with van der Waals surface area (Å²) in [6.07, 6.45) is 2.19. The van der Waals surface area contributed by atoms with Crippen molar-refractivity contribution in [2.75, 3.05) is 13.2 Å². The van der Waals surface area contributed by atoms with E-state index in [9.17, 15) is 5.11 Å². The lowest BCUT2D eigenvalue weighted by Gasteiger charge is -2.09. The Bertz CT molecular complexity index is 284. The zero-order valence-corrected chi connectivity index (χ0v) is 8.66. The van der Waals surface area contributed by atoms with Gasteiger partial charge in [0, 0.05) is 5.92 Å². The smallest absolute Gasteiger partial charge is 0.169 e. The van der Waals surface area contributed by atoms with Crippen LogP contribution in [0.25, 0.3) is 0 Å². The molecule has 0 aromatic carbocycles. The van der Waals surface area contributed by atoms with Gasteiger partial charge in [-0.15, -0.1) is 0 Å². The van der Waals surface area contributed by atoms with E-state index in [2.05, 4.69) is 15.9 Å². The molecule has 1 fully saturated rings. The third-order valence-corrected chi connectivity index (χ3v) is 2.70. The van der Waals surface area contributed by atoms with Gasteiger partial charge in [0.1, 0.15) is 0 Å². The number of rotatable bonds is 2. The summed E-state index contributed by atoms with van der Waals surface area (Å²) >= 11 is 3.24. The third-order valence-electron chi connectivity index (χ3n) is 2.28. The third kappa shape index (κ3) is 2.13. The summed E-state index contributed by atoms with van der Waals surface area (Å²) in [6.45, 7) is 1.10. The fourth-order valence-corrected chi connectivity index (χ4v) is 1.93. The van der Waals surface area contributed by atoms with Crippen molar-refractivity contribution in [3.63, 3.8) is 0 Å². The van der Waals surface area contributed by atoms with Gasteiger partial charge in [0.25, 0.3) is 0 Å². The molecule has 1 saturated heterocycles. The van der Waals surface area contributed by atoms with Gasteiger partial charge < -0.3 is 14.3 Å². The molecule has 0 bridgehead atoms. The highest BCUT2D eigenvalue weighted by Gasteiger charge is 2.26. The molecule has 2 heterocycles. The summed E-state index contributed by atoms with van der Waals surface area (Å²) < 4.78 is 11.0. The lowest BCUT2D eigenvalue weighted by atomic mass is 9.99. The van der Waals surface area contributed by atoms with Crippen LogP contribution in [0.15, 0.2) is 21.4 Å². The number of aliphatic hydroxyl groups is 1. The minimum Gasteiger partial charge on any atom is -0.457 e. The maximum absolute atomic E-state index is 9.49. The number of halogens is 1. The molecular formula is C9H11BrO3. The summed E-state index contributed by atoms with van der Waals surface area (Å²) in [4.78, 5) is 0. The van der Waals surface area contributed by atoms with E-state index in [0.29, 0.717) is 13.2 Å². The molecule has 0 unspecified atom stereocenters. The van der Waals surface area contributed by atoms with Crippen molar-refractivity contribution in [3.05, 3.63) is 22.6 Å². The quantitative estimate of drug-likeness (QED) is 0.862. The van der Waals surface area contributed by atoms with Crippen LogP contribution in [0, 0.1) is 5.92 Å². The van der Waals surface area contributed by atoms with Crippen LogP contribution in [0.5, 0.6) is 0 Å². The second-order valence-corrected chi connectivity index (χ2v) is 4.11. The Morgan fingerprint density at radius 2 is 2.38 bits per heavy atom.